The predicted octanol–water partition coefficient (Wildman–Crippen LogP) is 3.47. The van der Waals surface area contributed by atoms with Crippen molar-refractivity contribution in [2.75, 3.05) is 18.4 Å². The van der Waals surface area contributed by atoms with Crippen LogP contribution in [0.25, 0.3) is 0 Å². The van der Waals surface area contributed by atoms with Crippen molar-refractivity contribution in [1.29, 1.82) is 0 Å². The van der Waals surface area contributed by atoms with Crippen LogP contribution in [-0.4, -0.2) is 19.0 Å². The number of amides is 1. The summed E-state index contributed by atoms with van der Waals surface area (Å²) >= 11 is 0. The van der Waals surface area contributed by atoms with Gasteiger partial charge < -0.3 is 10.6 Å². The molecule has 0 saturated carbocycles. The van der Waals surface area contributed by atoms with Crippen LogP contribution in [0, 0.1) is 12.7 Å². The molecule has 2 aromatic carbocycles. The first-order chi connectivity index (χ1) is 11.1. The number of halogens is 1. The van der Waals surface area contributed by atoms with Crippen LogP contribution in [0.5, 0.6) is 0 Å². The van der Waals surface area contributed by atoms with Crippen molar-refractivity contribution in [2.24, 2.45) is 0 Å². The number of carbonyl (C=O) groups is 1. The molecule has 0 unspecified atom stereocenters. The second-order valence-electron chi connectivity index (χ2n) is 5.53. The SMILES string of the molecule is CCc1cccc(C)c1NC(=O)CNCCc1ccccc1F. The third-order valence-corrected chi connectivity index (χ3v) is 3.82. The number of hydrogen-bond donors (Lipinski definition) is 2. The fourth-order valence-corrected chi connectivity index (χ4v) is 2.51. The van der Waals surface area contributed by atoms with Gasteiger partial charge >= 0.3 is 0 Å². The van der Waals surface area contributed by atoms with E-state index in [1.807, 2.05) is 31.2 Å². The molecule has 0 heterocycles. The van der Waals surface area contributed by atoms with Crippen LogP contribution >= 0.6 is 0 Å². The highest BCUT2D eigenvalue weighted by atomic mass is 19.1. The van der Waals surface area contributed by atoms with E-state index in [4.69, 9.17) is 0 Å². The van der Waals surface area contributed by atoms with Crippen molar-refractivity contribution in [3.05, 3.63) is 65.0 Å². The summed E-state index contributed by atoms with van der Waals surface area (Å²) in [4.78, 5) is 12.1. The number of para-hydroxylation sites is 1. The molecule has 0 aliphatic carbocycles. The van der Waals surface area contributed by atoms with Crippen LogP contribution in [0.15, 0.2) is 42.5 Å². The van der Waals surface area contributed by atoms with Gasteiger partial charge in [0.05, 0.1) is 6.54 Å². The monoisotopic (exact) mass is 314 g/mol. The van der Waals surface area contributed by atoms with E-state index in [0.717, 1.165) is 23.2 Å². The Bertz CT molecular complexity index is 670. The molecule has 0 radical (unpaired) electrons. The molecule has 1 amide bonds. The smallest absolute Gasteiger partial charge is 0.238 e. The maximum absolute atomic E-state index is 13.5. The zero-order valence-corrected chi connectivity index (χ0v) is 13.7. The van der Waals surface area contributed by atoms with E-state index in [1.165, 1.54) is 6.07 Å². The van der Waals surface area contributed by atoms with Crippen molar-refractivity contribution in [1.82, 2.24) is 5.32 Å². The fraction of sp³-hybridized carbons (Fsp3) is 0.316. The van der Waals surface area contributed by atoms with Crippen molar-refractivity contribution in [3.8, 4) is 0 Å². The minimum absolute atomic E-state index is 0.0810. The van der Waals surface area contributed by atoms with Gasteiger partial charge in [-0.1, -0.05) is 43.3 Å². The standard InChI is InChI=1S/C19H23FN2O/c1-3-15-9-6-7-14(2)19(15)22-18(23)13-21-12-11-16-8-4-5-10-17(16)20/h4-10,21H,3,11-13H2,1-2H3,(H,22,23). The van der Waals surface area contributed by atoms with Gasteiger partial charge in [0.15, 0.2) is 0 Å². The molecule has 0 aliphatic heterocycles. The normalized spacial score (nSPS) is 10.6. The van der Waals surface area contributed by atoms with E-state index in [-0.39, 0.29) is 18.3 Å². The first-order valence-corrected chi connectivity index (χ1v) is 7.94. The Morgan fingerprint density at radius 3 is 2.57 bits per heavy atom. The molecule has 0 saturated heterocycles. The third-order valence-electron chi connectivity index (χ3n) is 3.82. The van der Waals surface area contributed by atoms with E-state index in [1.54, 1.807) is 12.1 Å². The van der Waals surface area contributed by atoms with E-state index in [0.29, 0.717) is 18.5 Å². The quantitative estimate of drug-likeness (QED) is 0.768. The van der Waals surface area contributed by atoms with Crippen LogP contribution in [0.2, 0.25) is 0 Å². The van der Waals surface area contributed by atoms with Crippen LogP contribution in [0.4, 0.5) is 10.1 Å². The van der Waals surface area contributed by atoms with Gasteiger partial charge in [0, 0.05) is 5.69 Å². The number of hydrogen-bond acceptors (Lipinski definition) is 2. The van der Waals surface area contributed by atoms with Gasteiger partial charge in [0.25, 0.3) is 0 Å². The minimum Gasteiger partial charge on any atom is -0.324 e. The molecular weight excluding hydrogens is 291 g/mol. The lowest BCUT2D eigenvalue weighted by atomic mass is 10.1. The Morgan fingerprint density at radius 1 is 1.09 bits per heavy atom. The van der Waals surface area contributed by atoms with Gasteiger partial charge in [-0.3, -0.25) is 4.79 Å². The number of anilines is 1. The third kappa shape index (κ3) is 4.89. The summed E-state index contributed by atoms with van der Waals surface area (Å²) in [5.41, 5.74) is 3.75. The Hall–Kier alpha value is -2.20. The number of benzene rings is 2. The van der Waals surface area contributed by atoms with Gasteiger partial charge in [-0.15, -0.1) is 0 Å². The topological polar surface area (TPSA) is 41.1 Å². The molecule has 2 rings (SSSR count). The highest BCUT2D eigenvalue weighted by Gasteiger charge is 2.08. The molecule has 0 bridgehead atoms. The van der Waals surface area contributed by atoms with Crippen LogP contribution < -0.4 is 10.6 Å². The van der Waals surface area contributed by atoms with Crippen LogP contribution in [-0.2, 0) is 17.6 Å². The number of nitrogens with one attached hydrogen (secondary N) is 2. The summed E-state index contributed by atoms with van der Waals surface area (Å²) in [6.07, 6.45) is 1.43. The largest absolute Gasteiger partial charge is 0.324 e. The zero-order valence-electron chi connectivity index (χ0n) is 13.7. The van der Waals surface area contributed by atoms with Gasteiger partial charge in [-0.25, -0.2) is 4.39 Å². The lowest BCUT2D eigenvalue weighted by Crippen LogP contribution is -2.30. The number of carbonyl (C=O) groups excluding carboxylic acids is 1. The average Bonchev–Trinajstić information content (AvgIpc) is 2.55. The fourth-order valence-electron chi connectivity index (χ4n) is 2.51. The lowest BCUT2D eigenvalue weighted by molar-refractivity contribution is -0.115. The van der Waals surface area contributed by atoms with Crippen molar-refractivity contribution in [2.45, 2.75) is 26.7 Å². The highest BCUT2D eigenvalue weighted by molar-refractivity contribution is 5.93. The summed E-state index contributed by atoms with van der Waals surface area (Å²) in [5, 5.41) is 6.02. The molecule has 4 heteroatoms. The molecule has 0 fully saturated rings. The summed E-state index contributed by atoms with van der Waals surface area (Å²) < 4.78 is 13.5. The summed E-state index contributed by atoms with van der Waals surface area (Å²) in [5.74, 6) is -0.284. The molecular formula is C19H23FN2O. The lowest BCUT2D eigenvalue weighted by Gasteiger charge is -2.13. The summed E-state index contributed by atoms with van der Waals surface area (Å²) in [7, 11) is 0. The van der Waals surface area contributed by atoms with Gasteiger partial charge in [-0.2, -0.15) is 0 Å². The highest BCUT2D eigenvalue weighted by Crippen LogP contribution is 2.20. The zero-order chi connectivity index (χ0) is 16.7. The molecule has 2 aromatic rings. The van der Waals surface area contributed by atoms with E-state index in [9.17, 15) is 9.18 Å². The molecule has 0 spiro atoms. The molecule has 122 valence electrons. The molecule has 0 aliphatic rings. The Labute approximate surface area is 136 Å². The number of rotatable bonds is 7. The molecule has 0 atom stereocenters. The van der Waals surface area contributed by atoms with Gasteiger partial charge in [0.1, 0.15) is 5.82 Å². The second-order valence-corrected chi connectivity index (χ2v) is 5.53. The predicted molar refractivity (Wildman–Crippen MR) is 92.2 cm³/mol. The first-order valence-electron chi connectivity index (χ1n) is 7.94. The van der Waals surface area contributed by atoms with E-state index >= 15 is 0 Å². The Morgan fingerprint density at radius 2 is 1.83 bits per heavy atom. The van der Waals surface area contributed by atoms with Crippen molar-refractivity contribution >= 4 is 11.6 Å². The number of aryl methyl sites for hydroxylation is 2. The Balaban J connectivity index is 1.81. The minimum atomic E-state index is -0.203. The van der Waals surface area contributed by atoms with Crippen LogP contribution in [0.3, 0.4) is 0 Å². The first kappa shape index (κ1) is 17.2. The van der Waals surface area contributed by atoms with E-state index in [2.05, 4.69) is 17.6 Å². The molecule has 23 heavy (non-hydrogen) atoms. The van der Waals surface area contributed by atoms with Gasteiger partial charge in [0.2, 0.25) is 5.91 Å². The molecule has 2 N–H and O–H groups in total. The average molecular weight is 314 g/mol. The summed E-state index contributed by atoms with van der Waals surface area (Å²) in [6, 6.07) is 12.7. The van der Waals surface area contributed by atoms with Crippen LogP contribution in [0.1, 0.15) is 23.6 Å². The summed E-state index contributed by atoms with van der Waals surface area (Å²) in [6.45, 7) is 4.83. The maximum atomic E-state index is 13.5. The molecule has 3 nitrogen and oxygen atoms in total. The van der Waals surface area contributed by atoms with E-state index < -0.39 is 0 Å². The Kier molecular flexibility index (Phi) is 6.29. The molecule has 0 aromatic heterocycles. The van der Waals surface area contributed by atoms with Crippen molar-refractivity contribution in [3.63, 3.8) is 0 Å². The second kappa shape index (κ2) is 8.44. The van der Waals surface area contributed by atoms with Crippen molar-refractivity contribution < 1.29 is 9.18 Å². The maximum Gasteiger partial charge on any atom is 0.238 e. The van der Waals surface area contributed by atoms with Gasteiger partial charge in [-0.05, 0) is 49.1 Å².